The lowest BCUT2D eigenvalue weighted by Gasteiger charge is -2.36. The smallest absolute Gasteiger partial charge is 0.497 e. The van der Waals surface area contributed by atoms with Gasteiger partial charge in [0, 0.05) is 12.1 Å². The number of nitrogens with zero attached hydrogens (tertiary/aromatic N) is 1. The zero-order valence-corrected chi connectivity index (χ0v) is 19.0. The number of hydrogen-bond acceptors (Lipinski definition) is 7. The molecule has 3 aromatic carbocycles. The zero-order chi connectivity index (χ0) is 24.8. The molecule has 1 aliphatic heterocycles. The molecule has 0 aliphatic carbocycles. The number of methoxy groups -OCH3 is 1. The number of carbonyl (C=O) groups excluding carboxylic acids is 1. The Morgan fingerprint density at radius 3 is 2.60 bits per heavy atom. The fourth-order valence-corrected chi connectivity index (χ4v) is 3.96. The lowest BCUT2D eigenvalue weighted by atomic mass is 9.88. The molecular weight excluding hydrogens is 457 g/mol. The number of halogens is 1. The third-order valence-corrected chi connectivity index (χ3v) is 5.55. The standard InChI is InChI=1S/C26H24FNO7/c1-32-20-9-7-18-11-12-28(35-26(31)34-15-17-5-3-2-4-6-17)25(21(18)14-20)22-13-19(27)8-10-23(22)33-16-24(29)30/h2-10,13-14,25H,11-12,15-16H2,1H3,(H,29,30). The van der Waals surface area contributed by atoms with E-state index in [9.17, 15) is 14.0 Å². The van der Waals surface area contributed by atoms with E-state index in [2.05, 4.69) is 0 Å². The number of aliphatic carboxylic acids is 1. The van der Waals surface area contributed by atoms with Crippen LogP contribution in [0.1, 0.15) is 28.3 Å². The van der Waals surface area contributed by atoms with Crippen LogP contribution in [0.25, 0.3) is 0 Å². The Morgan fingerprint density at radius 1 is 1.06 bits per heavy atom. The van der Waals surface area contributed by atoms with Crippen molar-refractivity contribution >= 4 is 12.1 Å². The van der Waals surface area contributed by atoms with Gasteiger partial charge in [0.05, 0.1) is 7.11 Å². The Kier molecular flexibility index (Phi) is 7.47. The molecular formula is C26H24FNO7. The van der Waals surface area contributed by atoms with Gasteiger partial charge < -0.3 is 24.2 Å². The number of fused-ring (bicyclic) bond motifs is 1. The summed E-state index contributed by atoms with van der Waals surface area (Å²) >= 11 is 0. The highest BCUT2D eigenvalue weighted by molar-refractivity contribution is 5.68. The van der Waals surface area contributed by atoms with Crippen molar-refractivity contribution in [1.29, 1.82) is 0 Å². The number of benzene rings is 3. The minimum atomic E-state index is -1.18. The molecule has 1 unspecified atom stereocenters. The first-order valence-electron chi connectivity index (χ1n) is 10.9. The van der Waals surface area contributed by atoms with Crippen LogP contribution in [0.5, 0.6) is 11.5 Å². The Hall–Kier alpha value is -4.11. The lowest BCUT2D eigenvalue weighted by molar-refractivity contribution is -0.152. The summed E-state index contributed by atoms with van der Waals surface area (Å²) in [6.45, 7) is -0.300. The molecule has 0 saturated heterocycles. The van der Waals surface area contributed by atoms with Crippen molar-refractivity contribution in [3.05, 3.63) is 94.8 Å². The molecule has 1 N–H and O–H groups in total. The average Bonchev–Trinajstić information content (AvgIpc) is 2.86. The molecule has 182 valence electrons. The van der Waals surface area contributed by atoms with E-state index in [1.807, 2.05) is 42.5 Å². The maximum Gasteiger partial charge on any atom is 0.528 e. The van der Waals surface area contributed by atoms with E-state index in [0.29, 0.717) is 29.8 Å². The molecule has 0 spiro atoms. The van der Waals surface area contributed by atoms with E-state index in [0.717, 1.165) is 11.1 Å². The van der Waals surface area contributed by atoms with Crippen molar-refractivity contribution in [2.75, 3.05) is 20.3 Å². The van der Waals surface area contributed by atoms with Crippen molar-refractivity contribution < 1.29 is 38.1 Å². The van der Waals surface area contributed by atoms with Gasteiger partial charge in [-0.1, -0.05) is 36.4 Å². The maximum atomic E-state index is 14.4. The van der Waals surface area contributed by atoms with Gasteiger partial charge in [0.25, 0.3) is 0 Å². The lowest BCUT2D eigenvalue weighted by Crippen LogP contribution is -2.38. The summed E-state index contributed by atoms with van der Waals surface area (Å²) in [4.78, 5) is 29.2. The summed E-state index contributed by atoms with van der Waals surface area (Å²) in [6.07, 6.45) is -0.378. The molecule has 0 amide bonds. The van der Waals surface area contributed by atoms with Gasteiger partial charge in [-0.3, -0.25) is 0 Å². The van der Waals surface area contributed by atoms with Crippen LogP contribution in [0.15, 0.2) is 66.7 Å². The molecule has 4 rings (SSSR count). The fourth-order valence-electron chi connectivity index (χ4n) is 3.96. The molecule has 3 aromatic rings. The van der Waals surface area contributed by atoms with Crippen LogP contribution in [-0.2, 0) is 27.4 Å². The second-order valence-corrected chi connectivity index (χ2v) is 7.84. The zero-order valence-electron chi connectivity index (χ0n) is 19.0. The van der Waals surface area contributed by atoms with Crippen molar-refractivity contribution in [2.45, 2.75) is 19.1 Å². The molecule has 1 heterocycles. The normalized spacial score (nSPS) is 15.1. The van der Waals surface area contributed by atoms with Gasteiger partial charge in [0.1, 0.15) is 30.0 Å². The van der Waals surface area contributed by atoms with Crippen LogP contribution < -0.4 is 9.47 Å². The highest BCUT2D eigenvalue weighted by Gasteiger charge is 2.35. The SMILES string of the molecule is COc1ccc2c(c1)C(c1cc(F)ccc1OCC(=O)O)N(OC(=O)OCc1ccccc1)CC2. The molecule has 1 atom stereocenters. The van der Waals surface area contributed by atoms with Crippen LogP contribution in [0.3, 0.4) is 0 Å². The predicted molar refractivity (Wildman–Crippen MR) is 122 cm³/mol. The molecule has 0 bridgehead atoms. The van der Waals surface area contributed by atoms with Gasteiger partial charge in [0.15, 0.2) is 6.61 Å². The summed E-state index contributed by atoms with van der Waals surface area (Å²) in [5, 5.41) is 10.5. The highest BCUT2D eigenvalue weighted by Crippen LogP contribution is 2.41. The van der Waals surface area contributed by atoms with Gasteiger partial charge in [-0.05, 0) is 53.4 Å². The van der Waals surface area contributed by atoms with E-state index in [1.165, 1.54) is 30.4 Å². The number of carbonyl (C=O) groups is 2. The van der Waals surface area contributed by atoms with E-state index in [1.54, 1.807) is 6.07 Å². The Morgan fingerprint density at radius 2 is 1.86 bits per heavy atom. The van der Waals surface area contributed by atoms with E-state index < -0.39 is 30.6 Å². The Bertz CT molecular complexity index is 1200. The van der Waals surface area contributed by atoms with Crippen molar-refractivity contribution in [3.8, 4) is 11.5 Å². The summed E-state index contributed by atoms with van der Waals surface area (Å²) in [7, 11) is 1.53. The second-order valence-electron chi connectivity index (χ2n) is 7.84. The minimum absolute atomic E-state index is 0.0233. The van der Waals surface area contributed by atoms with Gasteiger partial charge in [-0.25, -0.2) is 14.0 Å². The summed E-state index contributed by atoms with van der Waals surface area (Å²) < 4.78 is 30.5. The fraction of sp³-hybridized carbons (Fsp3) is 0.231. The molecule has 0 fully saturated rings. The van der Waals surface area contributed by atoms with Gasteiger partial charge in [-0.15, -0.1) is 5.06 Å². The van der Waals surface area contributed by atoms with Crippen molar-refractivity contribution in [2.24, 2.45) is 0 Å². The monoisotopic (exact) mass is 481 g/mol. The number of rotatable bonds is 8. The maximum absolute atomic E-state index is 14.4. The average molecular weight is 481 g/mol. The van der Waals surface area contributed by atoms with Crippen molar-refractivity contribution in [3.63, 3.8) is 0 Å². The minimum Gasteiger partial charge on any atom is -0.497 e. The van der Waals surface area contributed by atoms with Gasteiger partial charge in [0.2, 0.25) is 0 Å². The van der Waals surface area contributed by atoms with Crippen LogP contribution in [-0.4, -0.2) is 42.6 Å². The number of hydroxylamine groups is 2. The topological polar surface area (TPSA) is 94.5 Å². The molecule has 1 aliphatic rings. The molecule has 35 heavy (non-hydrogen) atoms. The first-order valence-corrected chi connectivity index (χ1v) is 10.9. The molecule has 8 nitrogen and oxygen atoms in total. The number of carboxylic acid groups (broad SMARTS) is 1. The molecule has 0 aromatic heterocycles. The molecule has 0 saturated carbocycles. The molecule has 0 radical (unpaired) electrons. The quantitative estimate of drug-likeness (QED) is 0.470. The van der Waals surface area contributed by atoms with Gasteiger partial charge >= 0.3 is 12.1 Å². The van der Waals surface area contributed by atoms with E-state index in [-0.39, 0.29) is 12.4 Å². The number of hydrogen-bond donors (Lipinski definition) is 1. The Labute approximate surface area is 201 Å². The summed E-state index contributed by atoms with van der Waals surface area (Å²) in [5.41, 5.74) is 2.75. The summed E-state index contributed by atoms with van der Waals surface area (Å²) in [5.74, 6) is -1.01. The Balaban J connectivity index is 1.67. The highest BCUT2D eigenvalue weighted by atomic mass is 19.1. The first-order chi connectivity index (χ1) is 16.9. The second kappa shape index (κ2) is 10.9. The van der Waals surface area contributed by atoms with Crippen LogP contribution in [0.2, 0.25) is 0 Å². The third-order valence-electron chi connectivity index (χ3n) is 5.55. The molecule has 9 heteroatoms. The van der Waals surface area contributed by atoms with Crippen LogP contribution in [0.4, 0.5) is 9.18 Å². The first kappa shape index (κ1) is 24.0. The van der Waals surface area contributed by atoms with E-state index >= 15 is 0 Å². The van der Waals surface area contributed by atoms with Crippen LogP contribution >= 0.6 is 0 Å². The largest absolute Gasteiger partial charge is 0.528 e. The van der Waals surface area contributed by atoms with Crippen molar-refractivity contribution in [1.82, 2.24) is 5.06 Å². The van der Waals surface area contributed by atoms with Crippen LogP contribution in [0, 0.1) is 5.82 Å². The summed E-state index contributed by atoms with van der Waals surface area (Å²) in [6, 6.07) is 17.6. The third kappa shape index (κ3) is 5.88. The number of ether oxygens (including phenoxy) is 3. The number of carboxylic acids is 1. The predicted octanol–water partition coefficient (Wildman–Crippen LogP) is 4.51. The van der Waals surface area contributed by atoms with E-state index in [4.69, 9.17) is 24.2 Å². The van der Waals surface area contributed by atoms with Gasteiger partial charge in [-0.2, -0.15) is 0 Å².